The van der Waals surface area contributed by atoms with Gasteiger partial charge >= 0.3 is 0 Å². The van der Waals surface area contributed by atoms with E-state index in [2.05, 4.69) is 50.2 Å². The first-order chi connectivity index (χ1) is 35.9. The Bertz CT molecular complexity index is 2780. The van der Waals surface area contributed by atoms with E-state index in [4.69, 9.17) is 5.10 Å². The van der Waals surface area contributed by atoms with E-state index in [1.54, 1.807) is 53.9 Å². The number of unbranched alkanes of at least 4 members (excludes halogenated alkanes) is 2. The van der Waals surface area contributed by atoms with Crippen molar-refractivity contribution < 1.29 is 32.7 Å². The number of piperidine rings is 1. The quantitative estimate of drug-likeness (QED) is 0.0461. The second kappa shape index (κ2) is 22.8. The summed E-state index contributed by atoms with van der Waals surface area (Å²) in [5.74, 6) is 0.888. The maximum atomic E-state index is 14.8. The van der Waals surface area contributed by atoms with Crippen LogP contribution in [0.4, 0.5) is 20.3 Å². The number of hydrogen-bond acceptors (Lipinski definition) is 11. The highest BCUT2D eigenvalue weighted by atomic mass is 32.2. The highest BCUT2D eigenvalue weighted by Crippen LogP contribution is 2.44. The van der Waals surface area contributed by atoms with Crippen LogP contribution in [0.2, 0.25) is 0 Å². The van der Waals surface area contributed by atoms with E-state index in [1.807, 2.05) is 48.8 Å². The summed E-state index contributed by atoms with van der Waals surface area (Å²) in [5, 5.41) is 32.6. The number of benzene rings is 2. The van der Waals surface area contributed by atoms with Crippen molar-refractivity contribution in [1.82, 2.24) is 50.7 Å². The Hall–Kier alpha value is -5.83. The third-order valence-corrected chi connectivity index (χ3v) is 16.9. The molecule has 0 aliphatic carbocycles. The second-order valence-electron chi connectivity index (χ2n) is 22.0. The van der Waals surface area contributed by atoms with Gasteiger partial charge in [-0.3, -0.25) is 33.3 Å². The Balaban J connectivity index is 0.757. The molecule has 0 bridgehead atoms. The first-order valence-electron chi connectivity index (χ1n) is 26.8. The van der Waals surface area contributed by atoms with Gasteiger partial charge in [-0.25, -0.2) is 8.78 Å². The number of nitrogens with one attached hydrogen (secondary N) is 4. The molecule has 17 nitrogen and oxygen atoms in total. The van der Waals surface area contributed by atoms with Crippen LogP contribution in [0, 0.1) is 10.6 Å². The highest BCUT2D eigenvalue weighted by Gasteiger charge is 2.42. The molecule has 0 spiro atoms. The molecular formula is C55H74F2N12O5S. The SMILES string of the molecule is CN[N+]1([O-])CCc2c(c(N3CCCc4cc(-c5cnn(C)c5)c(C(F)F)cc43)nn2C2CCN(C(=O)CCCCCC(=O)NC(C(=O)N3CCCC3C(=O)NCc3ccc(C4=C(C)NCS4)cc3)C(C)(C)C)CC2)C1. The topological polar surface area (TPSA) is 185 Å². The maximum absolute atomic E-state index is 14.8. The van der Waals surface area contributed by atoms with Crippen LogP contribution in [0.1, 0.15) is 138 Å². The van der Waals surface area contributed by atoms with Gasteiger partial charge in [0.15, 0.2) is 5.82 Å². The number of fused-ring (bicyclic) bond motifs is 2. The number of hydroxylamine groups is 2. The molecule has 2 saturated heterocycles. The number of likely N-dealkylation sites (tertiary alicyclic amines) is 2. The molecule has 2 fully saturated rings. The predicted octanol–water partition coefficient (Wildman–Crippen LogP) is 7.75. The Morgan fingerprint density at radius 3 is 2.40 bits per heavy atom. The molecule has 4 N–H and O–H groups in total. The lowest BCUT2D eigenvalue weighted by molar-refractivity contribution is -0.936. The van der Waals surface area contributed by atoms with Crippen LogP contribution >= 0.6 is 11.8 Å². The predicted molar refractivity (Wildman–Crippen MR) is 287 cm³/mol. The van der Waals surface area contributed by atoms with E-state index < -0.39 is 28.7 Å². The molecule has 9 rings (SSSR count). The van der Waals surface area contributed by atoms with Crippen molar-refractivity contribution >= 4 is 51.8 Å². The molecule has 5 aliphatic rings. The Morgan fingerprint density at radius 1 is 0.960 bits per heavy atom. The third-order valence-electron chi connectivity index (χ3n) is 15.8. The summed E-state index contributed by atoms with van der Waals surface area (Å²) in [6.07, 6.45) is 7.75. The first kappa shape index (κ1) is 54.0. The van der Waals surface area contributed by atoms with Crippen LogP contribution in [0.25, 0.3) is 16.0 Å². The highest BCUT2D eigenvalue weighted by molar-refractivity contribution is 8.08. The van der Waals surface area contributed by atoms with Gasteiger partial charge in [0.05, 0.1) is 29.4 Å². The summed E-state index contributed by atoms with van der Waals surface area (Å²) in [4.78, 5) is 61.4. The van der Waals surface area contributed by atoms with Gasteiger partial charge < -0.3 is 35.9 Å². The summed E-state index contributed by atoms with van der Waals surface area (Å²) in [6.45, 7) is 10.8. The molecule has 4 aromatic rings. The molecule has 2 aromatic heterocycles. The van der Waals surface area contributed by atoms with E-state index in [1.165, 1.54) is 4.91 Å². The van der Waals surface area contributed by atoms with Crippen LogP contribution in [0.15, 0.2) is 54.5 Å². The number of nitrogens with zero attached hydrogens (tertiary/aromatic N) is 8. The molecule has 5 aliphatic heterocycles. The number of aryl methyl sites for hydroxylation is 2. The number of allylic oxidation sites excluding steroid dienone is 1. The number of carbonyl (C=O) groups excluding carboxylic acids is 4. The van der Waals surface area contributed by atoms with Crippen LogP contribution in [0.3, 0.4) is 0 Å². The number of alkyl halides is 2. The summed E-state index contributed by atoms with van der Waals surface area (Å²) in [6, 6.07) is 10.2. The van der Waals surface area contributed by atoms with Gasteiger partial charge in [-0.15, -0.1) is 11.8 Å². The molecule has 3 atom stereocenters. The van der Waals surface area contributed by atoms with Crippen LogP contribution in [-0.2, 0) is 52.2 Å². The van der Waals surface area contributed by atoms with E-state index in [-0.39, 0.29) is 48.2 Å². The van der Waals surface area contributed by atoms with Gasteiger partial charge in [0.25, 0.3) is 6.43 Å². The average molecular weight is 1050 g/mol. The first-order valence-corrected chi connectivity index (χ1v) is 27.8. The van der Waals surface area contributed by atoms with Crippen LogP contribution in [-0.4, -0.2) is 115 Å². The Kier molecular flexibility index (Phi) is 16.4. The van der Waals surface area contributed by atoms with E-state index in [0.717, 1.165) is 52.4 Å². The van der Waals surface area contributed by atoms with Crippen molar-refractivity contribution in [3.05, 3.63) is 93.2 Å². The molecule has 404 valence electrons. The standard InChI is InChI=1S/C55H74F2N12O5S/c1-35-49(75-34-60-35)37-18-16-36(17-19-37)30-59-53(72)45-13-11-24-67(45)54(73)50(55(2,3)4)62-47(70)14-8-7-9-15-48(71)65-25-20-40(21-26-65)68-44-22-27-69(74,58-5)33-43(44)52(63-68)66-23-10-12-38-28-41(39-31-61-64(6)32-39)42(51(56)57)29-46(38)66/h16-19,28-29,31-32,40,45,50-51,58,60H,7-15,20-27,30,33-34H2,1-6H3,(H,59,72)(H,62,70). The molecule has 20 heteroatoms. The van der Waals surface area contributed by atoms with Crippen molar-refractivity contribution in [2.24, 2.45) is 12.5 Å². The third kappa shape index (κ3) is 11.9. The number of amides is 4. The Morgan fingerprint density at radius 2 is 1.72 bits per heavy atom. The number of thioether (sulfide) groups is 1. The van der Waals surface area contributed by atoms with Gasteiger partial charge in [0.2, 0.25) is 23.6 Å². The molecule has 0 radical (unpaired) electrons. The minimum absolute atomic E-state index is 0.00230. The number of halogens is 2. The number of anilines is 2. The summed E-state index contributed by atoms with van der Waals surface area (Å²) in [5.41, 5.74) is 10.1. The monoisotopic (exact) mass is 1050 g/mol. The van der Waals surface area contributed by atoms with Crippen molar-refractivity contribution in [2.45, 2.75) is 142 Å². The number of quaternary nitrogens is 1. The van der Waals surface area contributed by atoms with Gasteiger partial charge in [-0.1, -0.05) is 51.5 Å². The summed E-state index contributed by atoms with van der Waals surface area (Å²) < 4.78 is 32.6. The largest absolute Gasteiger partial charge is 0.611 e. The van der Waals surface area contributed by atoms with Crippen LogP contribution < -0.4 is 26.3 Å². The number of carbonyl (C=O) groups is 4. The Labute approximate surface area is 443 Å². The van der Waals surface area contributed by atoms with Crippen molar-refractivity contribution in [3.63, 3.8) is 0 Å². The van der Waals surface area contributed by atoms with Crippen molar-refractivity contribution in [1.29, 1.82) is 0 Å². The zero-order valence-corrected chi connectivity index (χ0v) is 45.2. The average Bonchev–Trinajstić information content (AvgIpc) is 4.24. The van der Waals surface area contributed by atoms with Gasteiger partial charge in [0.1, 0.15) is 25.2 Å². The minimum atomic E-state index is -2.71. The smallest absolute Gasteiger partial charge is 0.264 e. The lowest BCUT2D eigenvalue weighted by atomic mass is 9.85. The van der Waals surface area contributed by atoms with E-state index in [0.29, 0.717) is 120 Å². The molecule has 3 unspecified atom stereocenters. The number of hydrogen-bond donors (Lipinski definition) is 4. The molecule has 75 heavy (non-hydrogen) atoms. The van der Waals surface area contributed by atoms with Gasteiger partial charge in [0, 0.05) is 99.7 Å². The fourth-order valence-corrected chi connectivity index (χ4v) is 12.5. The number of rotatable bonds is 17. The molecular weight excluding hydrogens is 979 g/mol. The zero-order valence-electron chi connectivity index (χ0n) is 44.4. The normalized spacial score (nSPS) is 20.6. The summed E-state index contributed by atoms with van der Waals surface area (Å²) in [7, 11) is 3.42. The lowest BCUT2D eigenvalue weighted by Crippen LogP contribution is -2.57. The van der Waals surface area contributed by atoms with Crippen LogP contribution in [0.5, 0.6) is 0 Å². The second-order valence-corrected chi connectivity index (χ2v) is 23.0. The lowest BCUT2D eigenvalue weighted by Gasteiger charge is -2.44. The molecule has 2 aromatic carbocycles. The van der Waals surface area contributed by atoms with Gasteiger partial charge in [-0.2, -0.15) is 15.6 Å². The summed E-state index contributed by atoms with van der Waals surface area (Å²) >= 11 is 1.77. The van der Waals surface area contributed by atoms with Gasteiger partial charge in [-0.05, 0) is 98.1 Å². The van der Waals surface area contributed by atoms with E-state index >= 15 is 0 Å². The van der Waals surface area contributed by atoms with Crippen molar-refractivity contribution in [3.8, 4) is 11.1 Å². The molecule has 0 saturated carbocycles. The minimum Gasteiger partial charge on any atom is -0.611 e. The zero-order chi connectivity index (χ0) is 53.2. The number of aromatic nitrogens is 4. The molecule has 4 amide bonds. The maximum Gasteiger partial charge on any atom is 0.264 e. The van der Waals surface area contributed by atoms with E-state index in [9.17, 15) is 33.2 Å². The molecule has 7 heterocycles. The van der Waals surface area contributed by atoms with Crippen molar-refractivity contribution in [2.75, 3.05) is 50.5 Å². The fraction of sp³-hybridized carbons (Fsp3) is 0.564. The fourth-order valence-electron chi connectivity index (χ4n) is 11.5.